The Bertz CT molecular complexity index is 537. The molecule has 2 rings (SSSR count). The minimum Gasteiger partial charge on any atom is -0.507 e. The second kappa shape index (κ2) is 3.93. The van der Waals surface area contributed by atoms with E-state index in [1.54, 1.807) is 44.2 Å². The predicted octanol–water partition coefficient (Wildman–Crippen LogP) is 3.21. The number of halogens is 1. The molecule has 2 nitrogen and oxygen atoms in total. The lowest BCUT2D eigenvalue weighted by Gasteiger charge is -2.07. The molecular weight excluding hydrogens is 205 g/mol. The first-order valence-corrected chi connectivity index (χ1v) is 5.01. The van der Waals surface area contributed by atoms with Crippen LogP contribution in [0.2, 0.25) is 0 Å². The van der Waals surface area contributed by atoms with Crippen LogP contribution in [0.15, 0.2) is 30.3 Å². The van der Waals surface area contributed by atoms with Crippen LogP contribution < -0.4 is 0 Å². The summed E-state index contributed by atoms with van der Waals surface area (Å²) in [5.41, 5.74) is 2.14. The highest BCUT2D eigenvalue weighted by molar-refractivity contribution is 5.71. The number of rotatable bonds is 1. The van der Waals surface area contributed by atoms with E-state index < -0.39 is 5.95 Å². The average Bonchev–Trinajstić information content (AvgIpc) is 2.23. The third-order valence-corrected chi connectivity index (χ3v) is 2.52. The first kappa shape index (κ1) is 10.6. The van der Waals surface area contributed by atoms with Gasteiger partial charge in [-0.05, 0) is 31.5 Å². The first-order chi connectivity index (χ1) is 7.59. The maximum Gasteiger partial charge on any atom is 0.221 e. The number of phenols is 1. The van der Waals surface area contributed by atoms with Gasteiger partial charge in [-0.25, -0.2) is 4.98 Å². The van der Waals surface area contributed by atoms with Crippen LogP contribution in [0.25, 0.3) is 11.1 Å². The van der Waals surface area contributed by atoms with Gasteiger partial charge in [0, 0.05) is 16.8 Å². The lowest BCUT2D eigenvalue weighted by atomic mass is 10.0. The van der Waals surface area contributed by atoms with Crippen molar-refractivity contribution in [1.29, 1.82) is 0 Å². The van der Waals surface area contributed by atoms with E-state index in [0.29, 0.717) is 16.8 Å². The predicted molar refractivity (Wildman–Crippen MR) is 60.8 cm³/mol. The number of nitrogens with zero attached hydrogens (tertiary/aromatic N) is 1. The molecule has 16 heavy (non-hydrogen) atoms. The average molecular weight is 217 g/mol. The Hall–Kier alpha value is -1.90. The molecule has 0 radical (unpaired) electrons. The van der Waals surface area contributed by atoms with Gasteiger partial charge < -0.3 is 5.11 Å². The summed E-state index contributed by atoms with van der Waals surface area (Å²) >= 11 is 0. The molecule has 0 saturated carbocycles. The lowest BCUT2D eigenvalue weighted by molar-refractivity contribution is 0.472. The Kier molecular flexibility index (Phi) is 2.60. The SMILES string of the molecule is Cc1ccc(-c2cccc(C)c2O)c(F)n1. The van der Waals surface area contributed by atoms with Gasteiger partial charge in [-0.3, -0.25) is 0 Å². The van der Waals surface area contributed by atoms with Gasteiger partial charge in [-0.2, -0.15) is 4.39 Å². The Morgan fingerprint density at radius 3 is 2.50 bits per heavy atom. The van der Waals surface area contributed by atoms with Crippen molar-refractivity contribution in [2.75, 3.05) is 0 Å². The fraction of sp³-hybridized carbons (Fsp3) is 0.154. The summed E-state index contributed by atoms with van der Waals surface area (Å²) in [6.45, 7) is 3.50. The molecule has 1 N–H and O–H groups in total. The number of benzene rings is 1. The molecule has 3 heteroatoms. The number of aromatic nitrogens is 1. The molecule has 0 aliphatic rings. The number of phenolic OH excluding ortho intramolecular Hbond substituents is 1. The summed E-state index contributed by atoms with van der Waals surface area (Å²) in [4.78, 5) is 3.74. The van der Waals surface area contributed by atoms with Crippen molar-refractivity contribution in [2.24, 2.45) is 0 Å². The summed E-state index contributed by atoms with van der Waals surface area (Å²) < 4.78 is 13.6. The van der Waals surface area contributed by atoms with Crippen LogP contribution in [0.5, 0.6) is 5.75 Å². The number of aryl methyl sites for hydroxylation is 2. The zero-order chi connectivity index (χ0) is 11.7. The molecule has 0 spiro atoms. The molecule has 2 aromatic rings. The van der Waals surface area contributed by atoms with Gasteiger partial charge in [0.15, 0.2) is 0 Å². The largest absolute Gasteiger partial charge is 0.507 e. The van der Waals surface area contributed by atoms with Crippen molar-refractivity contribution >= 4 is 0 Å². The maximum absolute atomic E-state index is 13.6. The minimum atomic E-state index is -0.555. The van der Waals surface area contributed by atoms with E-state index in [9.17, 15) is 9.50 Å². The Balaban J connectivity index is 2.63. The van der Waals surface area contributed by atoms with Crippen molar-refractivity contribution in [3.63, 3.8) is 0 Å². The number of aromatic hydroxyl groups is 1. The van der Waals surface area contributed by atoms with Gasteiger partial charge >= 0.3 is 0 Å². The number of pyridine rings is 1. The van der Waals surface area contributed by atoms with Gasteiger partial charge in [-0.15, -0.1) is 0 Å². The Labute approximate surface area is 93.4 Å². The summed E-state index contributed by atoms with van der Waals surface area (Å²) in [7, 11) is 0. The van der Waals surface area contributed by atoms with Gasteiger partial charge in [0.1, 0.15) is 5.75 Å². The van der Waals surface area contributed by atoms with Crippen LogP contribution in [0.3, 0.4) is 0 Å². The molecule has 0 atom stereocenters. The molecule has 0 saturated heterocycles. The summed E-state index contributed by atoms with van der Waals surface area (Å²) in [5.74, 6) is -0.451. The summed E-state index contributed by atoms with van der Waals surface area (Å²) in [6, 6.07) is 8.59. The van der Waals surface area contributed by atoms with Crippen molar-refractivity contribution in [2.45, 2.75) is 13.8 Å². The summed E-state index contributed by atoms with van der Waals surface area (Å²) in [5, 5.41) is 9.85. The molecule has 0 aliphatic heterocycles. The van der Waals surface area contributed by atoms with E-state index in [0.717, 1.165) is 5.56 Å². The quantitative estimate of drug-likeness (QED) is 0.744. The molecule has 1 aromatic carbocycles. The zero-order valence-corrected chi connectivity index (χ0v) is 9.16. The standard InChI is InChI=1S/C13H12FNO/c1-8-4-3-5-10(12(8)16)11-7-6-9(2)15-13(11)14/h3-7,16H,1-2H3. The topological polar surface area (TPSA) is 33.1 Å². The second-order valence-electron chi connectivity index (χ2n) is 3.76. The van der Waals surface area contributed by atoms with E-state index in [1.807, 2.05) is 0 Å². The fourth-order valence-electron chi connectivity index (χ4n) is 1.60. The van der Waals surface area contributed by atoms with Crippen LogP contribution in [-0.4, -0.2) is 10.1 Å². The Morgan fingerprint density at radius 2 is 1.81 bits per heavy atom. The highest BCUT2D eigenvalue weighted by atomic mass is 19.1. The van der Waals surface area contributed by atoms with Crippen LogP contribution >= 0.6 is 0 Å². The first-order valence-electron chi connectivity index (χ1n) is 5.01. The van der Waals surface area contributed by atoms with Gasteiger partial charge in [0.25, 0.3) is 0 Å². The number of para-hydroxylation sites is 1. The fourth-order valence-corrected chi connectivity index (χ4v) is 1.60. The highest BCUT2D eigenvalue weighted by Gasteiger charge is 2.11. The van der Waals surface area contributed by atoms with Crippen molar-refractivity contribution in [1.82, 2.24) is 4.98 Å². The molecule has 0 unspecified atom stereocenters. The third kappa shape index (κ3) is 1.76. The monoisotopic (exact) mass is 217 g/mol. The third-order valence-electron chi connectivity index (χ3n) is 2.52. The smallest absolute Gasteiger partial charge is 0.221 e. The highest BCUT2D eigenvalue weighted by Crippen LogP contribution is 2.32. The second-order valence-corrected chi connectivity index (χ2v) is 3.76. The summed E-state index contributed by atoms with van der Waals surface area (Å²) in [6.07, 6.45) is 0. The van der Waals surface area contributed by atoms with E-state index >= 15 is 0 Å². The number of hydrogen-bond acceptors (Lipinski definition) is 2. The molecule has 0 aliphatic carbocycles. The minimum absolute atomic E-state index is 0.104. The normalized spacial score (nSPS) is 10.4. The van der Waals surface area contributed by atoms with Crippen LogP contribution in [0.4, 0.5) is 4.39 Å². The van der Waals surface area contributed by atoms with E-state index in [1.165, 1.54) is 0 Å². The Morgan fingerprint density at radius 1 is 1.06 bits per heavy atom. The van der Waals surface area contributed by atoms with Gasteiger partial charge in [0.05, 0.1) is 0 Å². The van der Waals surface area contributed by atoms with Gasteiger partial charge in [-0.1, -0.05) is 18.2 Å². The molecule has 82 valence electrons. The number of hydrogen-bond donors (Lipinski definition) is 1. The maximum atomic E-state index is 13.6. The van der Waals surface area contributed by atoms with Crippen molar-refractivity contribution in [3.05, 3.63) is 47.5 Å². The molecule has 0 amide bonds. The lowest BCUT2D eigenvalue weighted by Crippen LogP contribution is -1.92. The van der Waals surface area contributed by atoms with Crippen LogP contribution in [0, 0.1) is 19.8 Å². The molecule has 0 bridgehead atoms. The van der Waals surface area contributed by atoms with Crippen molar-refractivity contribution < 1.29 is 9.50 Å². The molecular formula is C13H12FNO. The van der Waals surface area contributed by atoms with E-state index in [2.05, 4.69) is 4.98 Å². The van der Waals surface area contributed by atoms with E-state index in [4.69, 9.17) is 0 Å². The van der Waals surface area contributed by atoms with E-state index in [-0.39, 0.29) is 5.75 Å². The zero-order valence-electron chi connectivity index (χ0n) is 9.16. The molecule has 0 fully saturated rings. The molecule has 1 aromatic heterocycles. The van der Waals surface area contributed by atoms with Gasteiger partial charge in [0.2, 0.25) is 5.95 Å². The van der Waals surface area contributed by atoms with Crippen LogP contribution in [-0.2, 0) is 0 Å². The van der Waals surface area contributed by atoms with Crippen LogP contribution in [0.1, 0.15) is 11.3 Å². The van der Waals surface area contributed by atoms with Crippen molar-refractivity contribution in [3.8, 4) is 16.9 Å². The molecule has 1 heterocycles.